The second kappa shape index (κ2) is 31.0. The standard InChI is InChI=1S/C23H32O4.C22H24O3.C19H18O3.C16H17ClO5/c1-22(2,3)14-10-16(21(24)17(11-14)23(4,5)6)15-12-19(26-8)20(27-9)13-18(15)25-7;1-22(2,3)19-13-14(24-4)12-18(21(19)23)16-10-11-20(25-5)17-9-7-6-8-15(16)17;1-12-10-15(19(20)17(11-12)22-3)18-14-7-5-4-6-13(14)8-9-16(18)21-2;1-19-12-8-14(21-3)13(20-2)7-10(12)11-5-9(17)6-15(22-4)16(11)18/h10-13,24H,1-9H3;6-13,23H,1-5H3;4-11,20H,1-3H3;5-8,18H,1-4H3. The highest BCUT2D eigenvalue weighted by atomic mass is 35.5. The average Bonchev–Trinajstić information content (AvgIpc) is 0.786. The lowest BCUT2D eigenvalue weighted by atomic mass is 9.78. The first-order chi connectivity index (χ1) is 45.5. The molecule has 10 rings (SSSR count). The van der Waals surface area contributed by atoms with Gasteiger partial charge in [0, 0.05) is 78.7 Å². The number of aromatic hydroxyl groups is 4. The maximum Gasteiger partial charge on any atom is 0.165 e. The van der Waals surface area contributed by atoms with E-state index in [1.165, 1.54) is 34.5 Å². The van der Waals surface area contributed by atoms with Gasteiger partial charge in [-0.05, 0) is 123 Å². The van der Waals surface area contributed by atoms with Crippen LogP contribution < -0.4 is 52.1 Å². The Morgan fingerprint density at radius 3 is 1.21 bits per heavy atom. The van der Waals surface area contributed by atoms with Gasteiger partial charge < -0.3 is 72.5 Å². The van der Waals surface area contributed by atoms with Crippen molar-refractivity contribution in [1.29, 1.82) is 0 Å². The summed E-state index contributed by atoms with van der Waals surface area (Å²) in [5, 5.41) is 47.7. The SMILES string of the molecule is COc1cc(-c2ccc(OC)c3ccccc23)c(O)c(C(C)(C)C)c1.COc1cc(C)cc(-c2c(OC)ccc3ccccc23)c1O.COc1cc(OC)c(-c2cc(C(C)(C)C)cc(C(C)(C)C)c2O)cc1OC.COc1cc(OC)c(-c2cc(Cl)cc(OC)c2O)cc1OC. The van der Waals surface area contributed by atoms with E-state index < -0.39 is 0 Å². The molecule has 0 amide bonds. The van der Waals surface area contributed by atoms with Crippen LogP contribution >= 0.6 is 11.6 Å². The molecule has 0 aliphatic rings. The number of rotatable bonds is 15. The minimum Gasteiger partial charge on any atom is -0.507 e. The van der Waals surface area contributed by atoms with E-state index in [9.17, 15) is 20.4 Å². The summed E-state index contributed by atoms with van der Waals surface area (Å²) in [6.07, 6.45) is 0. The Kier molecular flexibility index (Phi) is 23.7. The first kappa shape index (κ1) is 73.4. The molecule has 96 heavy (non-hydrogen) atoms. The lowest BCUT2D eigenvalue weighted by molar-refractivity contribution is 0.349. The summed E-state index contributed by atoms with van der Waals surface area (Å²) in [4.78, 5) is 0. The van der Waals surface area contributed by atoms with Gasteiger partial charge in [-0.3, -0.25) is 0 Å². The Bertz CT molecular complexity index is 4380. The van der Waals surface area contributed by atoms with Gasteiger partial charge in [0.2, 0.25) is 0 Å². The second-order valence-corrected chi connectivity index (χ2v) is 26.1. The molecule has 0 fully saturated rings. The number of halogens is 1. The molecule has 0 atom stereocenters. The molecule has 0 spiro atoms. The van der Waals surface area contributed by atoms with E-state index in [1.807, 2.05) is 116 Å². The van der Waals surface area contributed by atoms with Gasteiger partial charge in [0.25, 0.3) is 0 Å². The molecule has 0 aromatic heterocycles. The number of benzene rings is 10. The van der Waals surface area contributed by atoms with Crippen LogP contribution in [-0.4, -0.2) is 98.6 Å². The zero-order valence-electron chi connectivity index (χ0n) is 59.0. The summed E-state index contributed by atoms with van der Waals surface area (Å²) in [6, 6.07) is 45.9. The van der Waals surface area contributed by atoms with E-state index in [4.69, 9.17) is 63.7 Å². The van der Waals surface area contributed by atoms with Crippen LogP contribution in [0.1, 0.15) is 84.6 Å². The normalized spacial score (nSPS) is 11.2. The fourth-order valence-corrected chi connectivity index (χ4v) is 11.4. The number of methoxy groups -OCH3 is 11. The highest BCUT2D eigenvalue weighted by Gasteiger charge is 2.29. The average molecular weight is 1330 g/mol. The third-order valence-electron chi connectivity index (χ3n) is 16.4. The molecule has 0 bridgehead atoms. The van der Waals surface area contributed by atoms with Crippen molar-refractivity contribution in [3.8, 4) is 131 Å². The number of phenols is 4. The lowest BCUT2D eigenvalue weighted by Crippen LogP contribution is -2.17. The van der Waals surface area contributed by atoms with Crippen LogP contribution in [0.4, 0.5) is 0 Å². The van der Waals surface area contributed by atoms with Crippen molar-refractivity contribution >= 4 is 33.1 Å². The Morgan fingerprint density at radius 2 is 0.719 bits per heavy atom. The maximum absolute atomic E-state index is 11.2. The van der Waals surface area contributed by atoms with Crippen molar-refractivity contribution < 1.29 is 72.5 Å². The van der Waals surface area contributed by atoms with E-state index >= 15 is 0 Å². The molecule has 0 aliphatic heterocycles. The van der Waals surface area contributed by atoms with Crippen LogP contribution in [-0.2, 0) is 16.2 Å². The van der Waals surface area contributed by atoms with E-state index in [0.29, 0.717) is 67.7 Å². The third kappa shape index (κ3) is 16.0. The van der Waals surface area contributed by atoms with Gasteiger partial charge in [-0.1, -0.05) is 135 Å². The number of aryl methyl sites for hydroxylation is 1. The van der Waals surface area contributed by atoms with Crippen molar-refractivity contribution in [3.63, 3.8) is 0 Å². The van der Waals surface area contributed by atoms with Crippen LogP contribution in [0.25, 0.3) is 66.1 Å². The zero-order valence-corrected chi connectivity index (χ0v) is 59.8. The summed E-state index contributed by atoms with van der Waals surface area (Å²) in [6.45, 7) is 21.0. The summed E-state index contributed by atoms with van der Waals surface area (Å²) in [5.41, 5.74) is 9.36. The zero-order chi connectivity index (χ0) is 70.7. The van der Waals surface area contributed by atoms with Crippen molar-refractivity contribution in [3.05, 3.63) is 173 Å². The fraction of sp³-hybridized carbons (Fsp3) is 0.300. The van der Waals surface area contributed by atoms with Crippen LogP contribution in [0.5, 0.6) is 86.2 Å². The summed E-state index contributed by atoms with van der Waals surface area (Å²) >= 11 is 6.09. The summed E-state index contributed by atoms with van der Waals surface area (Å²) in [5.74, 6) is 7.01. The monoisotopic (exact) mass is 1330 g/mol. The Labute approximate surface area is 570 Å². The van der Waals surface area contributed by atoms with Crippen LogP contribution in [0.2, 0.25) is 5.02 Å². The molecule has 10 aromatic rings. The van der Waals surface area contributed by atoms with Gasteiger partial charge in [-0.15, -0.1) is 0 Å². The molecule has 0 unspecified atom stereocenters. The molecule has 0 saturated carbocycles. The van der Waals surface area contributed by atoms with Gasteiger partial charge in [0.05, 0.1) is 78.2 Å². The lowest BCUT2D eigenvalue weighted by Gasteiger charge is -2.28. The molecule has 0 radical (unpaired) electrons. The predicted molar refractivity (Wildman–Crippen MR) is 387 cm³/mol. The molecule has 10 aromatic carbocycles. The Morgan fingerprint density at radius 1 is 0.292 bits per heavy atom. The summed E-state index contributed by atoms with van der Waals surface area (Å²) in [7, 11) is 17.4. The minimum atomic E-state index is -0.204. The van der Waals surface area contributed by atoms with E-state index in [2.05, 4.69) is 68.4 Å². The third-order valence-corrected chi connectivity index (χ3v) is 16.6. The summed E-state index contributed by atoms with van der Waals surface area (Å²) < 4.78 is 59.3. The molecule has 15 nitrogen and oxygen atoms in total. The van der Waals surface area contributed by atoms with Gasteiger partial charge in [-0.2, -0.15) is 0 Å². The highest BCUT2D eigenvalue weighted by molar-refractivity contribution is 6.31. The van der Waals surface area contributed by atoms with E-state index in [1.54, 1.807) is 74.0 Å². The molecule has 0 heterocycles. The molecular formula is C80H91ClO15. The largest absolute Gasteiger partial charge is 0.507 e. The quantitative estimate of drug-likeness (QED) is 0.0760. The smallest absolute Gasteiger partial charge is 0.165 e. The van der Waals surface area contributed by atoms with Crippen molar-refractivity contribution in [1.82, 2.24) is 0 Å². The number of fused-ring (bicyclic) bond motifs is 2. The molecule has 0 saturated heterocycles. The first-order valence-electron chi connectivity index (χ1n) is 31.0. The predicted octanol–water partition coefficient (Wildman–Crippen LogP) is 19.5. The number of hydrogen-bond donors (Lipinski definition) is 4. The van der Waals surface area contributed by atoms with Crippen molar-refractivity contribution in [2.75, 3.05) is 78.2 Å². The molecule has 0 aliphatic carbocycles. The molecule has 4 N–H and O–H groups in total. The van der Waals surface area contributed by atoms with E-state index in [-0.39, 0.29) is 39.2 Å². The fourth-order valence-electron chi connectivity index (χ4n) is 11.2. The van der Waals surface area contributed by atoms with Gasteiger partial charge in [0.1, 0.15) is 40.2 Å². The van der Waals surface area contributed by atoms with Crippen LogP contribution in [0.15, 0.2) is 146 Å². The number of hydrogen-bond acceptors (Lipinski definition) is 15. The molecule has 16 heteroatoms. The van der Waals surface area contributed by atoms with Crippen molar-refractivity contribution in [2.45, 2.75) is 85.5 Å². The van der Waals surface area contributed by atoms with Gasteiger partial charge in [0.15, 0.2) is 46.0 Å². The minimum absolute atomic E-state index is 0.0302. The van der Waals surface area contributed by atoms with Crippen molar-refractivity contribution in [2.24, 2.45) is 0 Å². The molecule has 508 valence electrons. The topological polar surface area (TPSA) is 182 Å². The number of phenolic OH excluding ortho intramolecular Hbond substituents is 4. The van der Waals surface area contributed by atoms with Crippen LogP contribution in [0, 0.1) is 6.92 Å². The second-order valence-electron chi connectivity index (χ2n) is 25.6. The highest BCUT2D eigenvalue weighted by Crippen LogP contribution is 2.51. The number of ether oxygens (including phenoxy) is 11. The van der Waals surface area contributed by atoms with Gasteiger partial charge >= 0.3 is 0 Å². The Balaban J connectivity index is 0.000000181. The van der Waals surface area contributed by atoms with E-state index in [0.717, 1.165) is 88.9 Å². The molecular weight excluding hydrogens is 1240 g/mol. The Hall–Kier alpha value is -9.99. The van der Waals surface area contributed by atoms with Crippen LogP contribution in [0.3, 0.4) is 0 Å². The first-order valence-corrected chi connectivity index (χ1v) is 31.4. The van der Waals surface area contributed by atoms with Gasteiger partial charge in [-0.25, -0.2) is 0 Å². The maximum atomic E-state index is 11.2.